The van der Waals surface area contributed by atoms with Gasteiger partial charge in [0.2, 0.25) is 5.13 Å². The molecule has 2 aromatic heterocycles. The highest BCUT2D eigenvalue weighted by atomic mass is 32.1. The van der Waals surface area contributed by atoms with Gasteiger partial charge in [-0.15, -0.1) is 5.10 Å². The Morgan fingerprint density at radius 3 is 3.00 bits per heavy atom. The van der Waals surface area contributed by atoms with Gasteiger partial charge in [0.05, 0.1) is 18.5 Å². The average molecular weight is 236 g/mol. The first-order valence-corrected chi connectivity index (χ1v) is 6.19. The summed E-state index contributed by atoms with van der Waals surface area (Å²) in [4.78, 5) is 5.94. The van der Waals surface area contributed by atoms with E-state index in [0.717, 1.165) is 18.0 Å². The maximum Gasteiger partial charge on any atom is 0.212 e. The highest BCUT2D eigenvalue weighted by Crippen LogP contribution is 2.28. The lowest BCUT2D eigenvalue weighted by molar-refractivity contribution is 0.276. The average Bonchev–Trinajstić information content (AvgIpc) is 2.95. The number of hydrogen-bond donors (Lipinski definition) is 1. The molecular formula is C10H12N4OS. The van der Waals surface area contributed by atoms with E-state index in [1.165, 1.54) is 23.4 Å². The molecule has 0 saturated carbocycles. The number of thiazole rings is 1. The lowest BCUT2D eigenvalue weighted by Crippen LogP contribution is -1.99. The van der Waals surface area contributed by atoms with E-state index in [4.69, 9.17) is 5.11 Å². The van der Waals surface area contributed by atoms with Gasteiger partial charge in [-0.05, 0) is 25.7 Å². The smallest absolute Gasteiger partial charge is 0.212 e. The summed E-state index contributed by atoms with van der Waals surface area (Å²) in [6, 6.07) is 0. The molecule has 0 spiro atoms. The van der Waals surface area contributed by atoms with Crippen LogP contribution in [0.5, 0.6) is 0 Å². The number of aliphatic hydroxyl groups is 1. The summed E-state index contributed by atoms with van der Waals surface area (Å²) < 4.78 is 1.65. The molecule has 16 heavy (non-hydrogen) atoms. The molecule has 84 valence electrons. The van der Waals surface area contributed by atoms with Gasteiger partial charge >= 0.3 is 0 Å². The number of aromatic nitrogens is 4. The van der Waals surface area contributed by atoms with Gasteiger partial charge in [0.25, 0.3) is 0 Å². The fourth-order valence-corrected chi connectivity index (χ4v) is 2.97. The van der Waals surface area contributed by atoms with Crippen LogP contribution in [0.25, 0.3) is 5.13 Å². The van der Waals surface area contributed by atoms with Crippen molar-refractivity contribution in [2.75, 3.05) is 0 Å². The molecule has 0 fully saturated rings. The van der Waals surface area contributed by atoms with Gasteiger partial charge < -0.3 is 5.11 Å². The first kappa shape index (κ1) is 9.92. The Morgan fingerprint density at radius 2 is 2.25 bits per heavy atom. The number of nitrogens with zero attached hydrogens (tertiary/aromatic N) is 4. The third-order valence-electron chi connectivity index (χ3n) is 2.73. The van der Waals surface area contributed by atoms with Crippen LogP contribution in [-0.2, 0) is 19.4 Å². The predicted molar refractivity (Wildman–Crippen MR) is 59.6 cm³/mol. The molecule has 3 rings (SSSR count). The molecule has 0 aromatic carbocycles. The Morgan fingerprint density at radius 1 is 1.38 bits per heavy atom. The molecule has 0 aliphatic heterocycles. The van der Waals surface area contributed by atoms with Gasteiger partial charge in [0, 0.05) is 4.88 Å². The molecule has 5 nitrogen and oxygen atoms in total. The van der Waals surface area contributed by atoms with Gasteiger partial charge in [0.1, 0.15) is 5.69 Å². The minimum atomic E-state index is -0.0783. The molecule has 0 atom stereocenters. The fraction of sp³-hybridized carbons (Fsp3) is 0.500. The van der Waals surface area contributed by atoms with Crippen molar-refractivity contribution < 1.29 is 5.11 Å². The molecule has 0 amide bonds. The van der Waals surface area contributed by atoms with E-state index in [9.17, 15) is 0 Å². The summed E-state index contributed by atoms with van der Waals surface area (Å²) in [5.41, 5.74) is 1.79. The van der Waals surface area contributed by atoms with Gasteiger partial charge in [-0.25, -0.2) is 4.98 Å². The largest absolute Gasteiger partial charge is 0.390 e. The van der Waals surface area contributed by atoms with Crippen LogP contribution in [0.2, 0.25) is 0 Å². The molecule has 0 bridgehead atoms. The van der Waals surface area contributed by atoms with Crippen molar-refractivity contribution in [2.45, 2.75) is 32.3 Å². The molecule has 0 saturated heterocycles. The minimum absolute atomic E-state index is 0.0783. The van der Waals surface area contributed by atoms with Gasteiger partial charge in [0.15, 0.2) is 0 Å². The molecule has 1 aliphatic rings. The Labute approximate surface area is 96.8 Å². The second-order valence-electron chi connectivity index (χ2n) is 3.89. The van der Waals surface area contributed by atoms with Gasteiger partial charge in [-0.2, -0.15) is 4.68 Å². The lowest BCUT2D eigenvalue weighted by atomic mass is 10.0. The zero-order chi connectivity index (χ0) is 11.0. The van der Waals surface area contributed by atoms with Crippen molar-refractivity contribution in [3.8, 4) is 5.13 Å². The summed E-state index contributed by atoms with van der Waals surface area (Å²) >= 11 is 1.68. The third kappa shape index (κ3) is 1.64. The van der Waals surface area contributed by atoms with E-state index < -0.39 is 0 Å². The lowest BCUT2D eigenvalue weighted by Gasteiger charge is -2.06. The number of aryl methyl sites for hydroxylation is 2. The standard InChI is InChI=1S/C10H12N4OS/c15-6-7-5-14(13-12-7)10-11-8-3-1-2-4-9(8)16-10/h5,15H,1-4,6H2. The van der Waals surface area contributed by atoms with Crippen LogP contribution in [-0.4, -0.2) is 25.1 Å². The summed E-state index contributed by atoms with van der Waals surface area (Å²) in [5, 5.41) is 17.6. The molecule has 1 N–H and O–H groups in total. The highest BCUT2D eigenvalue weighted by molar-refractivity contribution is 7.14. The molecule has 2 aromatic rings. The first-order chi connectivity index (χ1) is 7.86. The number of aliphatic hydroxyl groups excluding tert-OH is 1. The highest BCUT2D eigenvalue weighted by Gasteiger charge is 2.16. The van der Waals surface area contributed by atoms with Gasteiger partial charge in [-0.3, -0.25) is 0 Å². The van der Waals surface area contributed by atoms with E-state index in [1.807, 2.05) is 0 Å². The van der Waals surface area contributed by atoms with Crippen molar-refractivity contribution in [3.63, 3.8) is 0 Å². The normalized spacial score (nSPS) is 15.1. The number of fused-ring (bicyclic) bond motifs is 1. The third-order valence-corrected chi connectivity index (χ3v) is 3.88. The number of rotatable bonds is 2. The van der Waals surface area contributed by atoms with E-state index in [0.29, 0.717) is 5.69 Å². The van der Waals surface area contributed by atoms with Crippen LogP contribution in [0.15, 0.2) is 6.20 Å². The van der Waals surface area contributed by atoms with Crippen LogP contribution in [0, 0.1) is 0 Å². The molecule has 2 heterocycles. The topological polar surface area (TPSA) is 63.8 Å². The molecule has 0 unspecified atom stereocenters. The summed E-state index contributed by atoms with van der Waals surface area (Å²) in [7, 11) is 0. The molecule has 1 aliphatic carbocycles. The monoisotopic (exact) mass is 236 g/mol. The quantitative estimate of drug-likeness (QED) is 0.848. The van der Waals surface area contributed by atoms with Crippen LogP contribution < -0.4 is 0 Å². The van der Waals surface area contributed by atoms with E-state index in [1.54, 1.807) is 22.2 Å². The predicted octanol–water partition coefficient (Wildman–Crippen LogP) is 1.09. The second kappa shape index (κ2) is 3.95. The van der Waals surface area contributed by atoms with Crippen LogP contribution in [0.3, 0.4) is 0 Å². The Balaban J connectivity index is 1.96. The maximum atomic E-state index is 8.93. The Bertz CT molecular complexity index is 481. The van der Waals surface area contributed by atoms with E-state index >= 15 is 0 Å². The second-order valence-corrected chi connectivity index (χ2v) is 4.95. The first-order valence-electron chi connectivity index (χ1n) is 5.38. The van der Waals surface area contributed by atoms with Crippen LogP contribution in [0.1, 0.15) is 29.1 Å². The van der Waals surface area contributed by atoms with E-state index in [2.05, 4.69) is 15.3 Å². The SMILES string of the molecule is OCc1cn(-c2nc3c(s2)CCCC3)nn1. The summed E-state index contributed by atoms with van der Waals surface area (Å²) in [6.45, 7) is -0.0783. The molecule has 6 heteroatoms. The van der Waals surface area contributed by atoms with Gasteiger partial charge in [-0.1, -0.05) is 16.6 Å². The zero-order valence-electron chi connectivity index (χ0n) is 8.76. The Kier molecular flexibility index (Phi) is 2.45. The van der Waals surface area contributed by atoms with Crippen molar-refractivity contribution in [1.82, 2.24) is 20.0 Å². The van der Waals surface area contributed by atoms with Crippen molar-refractivity contribution in [2.24, 2.45) is 0 Å². The summed E-state index contributed by atoms with van der Waals surface area (Å²) in [5.74, 6) is 0. The van der Waals surface area contributed by atoms with Crippen LogP contribution in [0.4, 0.5) is 0 Å². The van der Waals surface area contributed by atoms with Crippen molar-refractivity contribution >= 4 is 11.3 Å². The molecule has 0 radical (unpaired) electrons. The summed E-state index contributed by atoms with van der Waals surface area (Å²) in [6.07, 6.45) is 6.43. The maximum absolute atomic E-state index is 8.93. The molecular weight excluding hydrogens is 224 g/mol. The fourth-order valence-electron chi connectivity index (χ4n) is 1.90. The Hall–Kier alpha value is -1.27. The van der Waals surface area contributed by atoms with Crippen molar-refractivity contribution in [1.29, 1.82) is 0 Å². The van der Waals surface area contributed by atoms with E-state index in [-0.39, 0.29) is 6.61 Å². The minimum Gasteiger partial charge on any atom is -0.390 e. The van der Waals surface area contributed by atoms with Crippen LogP contribution >= 0.6 is 11.3 Å². The van der Waals surface area contributed by atoms with Crippen molar-refractivity contribution in [3.05, 3.63) is 22.5 Å². The number of hydrogen-bond acceptors (Lipinski definition) is 5. The zero-order valence-corrected chi connectivity index (χ0v) is 9.57.